The van der Waals surface area contributed by atoms with Crippen LogP contribution in [0.4, 0.5) is 5.69 Å². The van der Waals surface area contributed by atoms with Gasteiger partial charge in [-0.3, -0.25) is 43.6 Å². The summed E-state index contributed by atoms with van der Waals surface area (Å²) in [5.41, 5.74) is 1.59. The number of amides is 1. The van der Waals surface area contributed by atoms with Gasteiger partial charge in [0.2, 0.25) is 5.91 Å². The van der Waals surface area contributed by atoms with E-state index in [1.54, 1.807) is 31.7 Å². The normalized spacial score (nSPS) is 16.1. The molecule has 0 bridgehead atoms. The second-order valence-electron chi connectivity index (χ2n) is 12.6. The van der Waals surface area contributed by atoms with Crippen LogP contribution in [0.5, 0.6) is 0 Å². The van der Waals surface area contributed by atoms with Crippen molar-refractivity contribution in [2.75, 3.05) is 90.0 Å². The Balaban J connectivity index is 2.12. The Hall–Kier alpha value is -3.59. The zero-order chi connectivity index (χ0) is 35.3. The van der Waals surface area contributed by atoms with E-state index < -0.39 is 36.3 Å². The first kappa shape index (κ1) is 40.6. The number of carbonyl (C=O) groups is 5. The first-order valence-electron chi connectivity index (χ1n) is 17.1. The smallest absolute Gasteiger partial charge is 0.323 e. The first-order valence-corrected chi connectivity index (χ1v) is 17.1. The molecule has 0 saturated carbocycles. The second kappa shape index (κ2) is 22.9. The lowest BCUT2D eigenvalue weighted by Crippen LogP contribution is -2.50. The monoisotopic (exact) mass is 677 g/mol. The first-order chi connectivity index (χ1) is 23.0. The van der Waals surface area contributed by atoms with Crippen molar-refractivity contribution in [3.05, 3.63) is 29.8 Å². The maximum atomic E-state index is 13.7. The van der Waals surface area contributed by atoms with Gasteiger partial charge in [-0.15, -0.1) is 0 Å². The van der Waals surface area contributed by atoms with Gasteiger partial charge >= 0.3 is 23.9 Å². The van der Waals surface area contributed by atoms with E-state index in [1.807, 2.05) is 12.1 Å². The molecule has 2 rings (SSSR count). The highest BCUT2D eigenvalue weighted by atomic mass is 16.4. The summed E-state index contributed by atoms with van der Waals surface area (Å²) in [4.78, 5) is 68.0. The van der Waals surface area contributed by atoms with Gasteiger partial charge in [-0.2, -0.15) is 0 Å². The summed E-state index contributed by atoms with van der Waals surface area (Å²) in [6, 6.07) is 7.39. The minimum atomic E-state index is -1.16. The predicted octanol–water partition coefficient (Wildman–Crippen LogP) is 2.26. The number of anilines is 1. The van der Waals surface area contributed by atoms with Crippen LogP contribution in [0.15, 0.2) is 24.3 Å². The van der Waals surface area contributed by atoms with E-state index in [1.165, 1.54) is 43.4 Å². The third kappa shape index (κ3) is 17.5. The van der Waals surface area contributed by atoms with Gasteiger partial charge in [-0.1, -0.05) is 64.0 Å². The van der Waals surface area contributed by atoms with Gasteiger partial charge in [0.05, 0.1) is 26.2 Å². The molecule has 1 aliphatic rings. The quantitative estimate of drug-likeness (QED) is 0.148. The number of unbranched alkanes of at least 4 members (excludes halogenated alkanes) is 7. The molecule has 14 nitrogen and oxygen atoms in total. The van der Waals surface area contributed by atoms with Crippen molar-refractivity contribution >= 4 is 35.5 Å². The number of carbonyl (C=O) groups excluding carboxylic acids is 1. The lowest BCUT2D eigenvalue weighted by molar-refractivity contribution is -0.140. The zero-order valence-electron chi connectivity index (χ0n) is 28.4. The Bertz CT molecular complexity index is 1120. The summed E-state index contributed by atoms with van der Waals surface area (Å²) in [5, 5.41) is 37.9. The van der Waals surface area contributed by atoms with E-state index in [-0.39, 0.29) is 78.5 Å². The molecule has 0 aromatic heterocycles. The van der Waals surface area contributed by atoms with Gasteiger partial charge in [0, 0.05) is 58.0 Å². The lowest BCUT2D eigenvalue weighted by Gasteiger charge is -2.33. The maximum Gasteiger partial charge on any atom is 0.323 e. The molecule has 1 aromatic rings. The van der Waals surface area contributed by atoms with Gasteiger partial charge in [-0.05, 0) is 30.5 Å². The van der Waals surface area contributed by atoms with Crippen LogP contribution in [0, 0.1) is 0 Å². The summed E-state index contributed by atoms with van der Waals surface area (Å²) in [5.74, 6) is -4.72. The van der Waals surface area contributed by atoms with E-state index in [0.29, 0.717) is 5.69 Å². The van der Waals surface area contributed by atoms with Crippen molar-refractivity contribution in [1.82, 2.24) is 19.6 Å². The summed E-state index contributed by atoms with van der Waals surface area (Å²) in [6.07, 6.45) is 10.7. The zero-order valence-corrected chi connectivity index (χ0v) is 28.4. The number of hydrogen-bond donors (Lipinski definition) is 4. The Morgan fingerprint density at radius 1 is 0.542 bits per heavy atom. The van der Waals surface area contributed by atoms with Crippen LogP contribution in [-0.2, 0) is 30.4 Å². The van der Waals surface area contributed by atoms with Crippen molar-refractivity contribution in [3.8, 4) is 0 Å². The molecule has 0 atom stereocenters. The molecule has 0 spiro atoms. The number of carboxylic acid groups (broad SMARTS) is 4. The molecule has 270 valence electrons. The average Bonchev–Trinajstić information content (AvgIpc) is 3.02. The van der Waals surface area contributed by atoms with Gasteiger partial charge in [0.1, 0.15) is 6.54 Å². The Kier molecular flexibility index (Phi) is 19.3. The third-order valence-corrected chi connectivity index (χ3v) is 8.53. The molecular weight excluding hydrogens is 622 g/mol. The molecule has 1 heterocycles. The Morgan fingerprint density at radius 3 is 1.29 bits per heavy atom. The van der Waals surface area contributed by atoms with Crippen LogP contribution >= 0.6 is 0 Å². The van der Waals surface area contributed by atoms with E-state index in [9.17, 15) is 44.4 Å². The minimum Gasteiger partial charge on any atom is -0.480 e. The van der Waals surface area contributed by atoms with Crippen LogP contribution in [0.2, 0.25) is 0 Å². The Labute approximate surface area is 283 Å². The van der Waals surface area contributed by atoms with Gasteiger partial charge in [0.25, 0.3) is 0 Å². The number of hydrogen-bond acceptors (Lipinski definition) is 9. The van der Waals surface area contributed by atoms with E-state index in [4.69, 9.17) is 0 Å². The summed E-state index contributed by atoms with van der Waals surface area (Å²) in [7, 11) is 0. The van der Waals surface area contributed by atoms with Crippen LogP contribution in [0.3, 0.4) is 0 Å². The highest BCUT2D eigenvalue weighted by molar-refractivity contribution is 5.98. The molecular formula is C34H55N5O9. The highest BCUT2D eigenvalue weighted by Gasteiger charge is 2.24. The largest absolute Gasteiger partial charge is 0.480 e. The fraction of sp³-hybridized carbons (Fsp3) is 0.676. The molecule has 1 amide bonds. The van der Waals surface area contributed by atoms with Crippen LogP contribution in [-0.4, -0.2) is 155 Å². The number of carboxylic acids is 4. The average molecular weight is 678 g/mol. The molecule has 0 unspecified atom stereocenters. The molecule has 0 aliphatic carbocycles. The fourth-order valence-electron chi connectivity index (χ4n) is 5.83. The second-order valence-corrected chi connectivity index (χ2v) is 12.6. The number of aryl methyl sites for hydroxylation is 1. The molecule has 14 heteroatoms. The van der Waals surface area contributed by atoms with Crippen LogP contribution in [0.25, 0.3) is 0 Å². The maximum absolute atomic E-state index is 13.7. The van der Waals surface area contributed by atoms with Crippen molar-refractivity contribution in [2.45, 2.75) is 64.7 Å². The summed E-state index contributed by atoms with van der Waals surface area (Å²) >= 11 is 0. The third-order valence-electron chi connectivity index (χ3n) is 8.53. The Morgan fingerprint density at radius 2 is 0.917 bits per heavy atom. The summed E-state index contributed by atoms with van der Waals surface area (Å²) in [6.45, 7) is 2.81. The summed E-state index contributed by atoms with van der Waals surface area (Å²) < 4.78 is 0. The SMILES string of the molecule is CCCCCCCCCCc1ccc(N(CC(=O)O)C(=O)CN2CCN(CC(=O)O)CCN(CC(=O)O)CCN(CC(=O)O)CC2)cc1. The van der Waals surface area contributed by atoms with Crippen molar-refractivity contribution in [1.29, 1.82) is 0 Å². The van der Waals surface area contributed by atoms with Crippen LogP contribution < -0.4 is 4.90 Å². The van der Waals surface area contributed by atoms with Crippen molar-refractivity contribution in [2.24, 2.45) is 0 Å². The van der Waals surface area contributed by atoms with E-state index in [0.717, 1.165) is 24.8 Å². The molecule has 0 radical (unpaired) electrons. The number of rotatable bonds is 20. The van der Waals surface area contributed by atoms with E-state index in [2.05, 4.69) is 6.92 Å². The highest BCUT2D eigenvalue weighted by Crippen LogP contribution is 2.18. The molecule has 4 N–H and O–H groups in total. The van der Waals surface area contributed by atoms with Gasteiger partial charge in [-0.25, -0.2) is 0 Å². The molecule has 1 saturated heterocycles. The number of benzene rings is 1. The van der Waals surface area contributed by atoms with Crippen molar-refractivity contribution < 1.29 is 44.4 Å². The number of aliphatic carboxylic acids is 4. The molecule has 1 aromatic carbocycles. The van der Waals surface area contributed by atoms with Gasteiger partial charge in [0.15, 0.2) is 0 Å². The topological polar surface area (TPSA) is 182 Å². The molecule has 48 heavy (non-hydrogen) atoms. The van der Waals surface area contributed by atoms with Gasteiger partial charge < -0.3 is 25.3 Å². The van der Waals surface area contributed by atoms with Crippen LogP contribution in [0.1, 0.15) is 63.9 Å². The molecule has 1 fully saturated rings. The van der Waals surface area contributed by atoms with E-state index >= 15 is 0 Å². The predicted molar refractivity (Wildman–Crippen MR) is 181 cm³/mol. The fourth-order valence-corrected chi connectivity index (χ4v) is 5.83. The minimum absolute atomic E-state index is 0.153. The number of nitrogens with zero attached hydrogens (tertiary/aromatic N) is 5. The standard InChI is InChI=1S/C34H55N5O9/c1-2-3-4-5-6-7-8-9-10-28-11-13-29(14-12-28)39(27-34(47)48)30(40)23-35-15-17-36(24-31(41)42)19-21-38(26-33(45)46)22-20-37(18-16-35)25-32(43)44/h11-14H,2-10,15-27H2,1H3,(H,41,42)(H,43,44)(H,45,46)(H,47,48). The van der Waals surface area contributed by atoms with Crippen molar-refractivity contribution in [3.63, 3.8) is 0 Å². The molecule has 1 aliphatic heterocycles. The lowest BCUT2D eigenvalue weighted by atomic mass is 10.0.